The van der Waals surface area contributed by atoms with Gasteiger partial charge in [-0.15, -0.1) is 0 Å². The number of ether oxygens (including phenoxy) is 1. The van der Waals surface area contributed by atoms with E-state index < -0.39 is 0 Å². The Bertz CT molecular complexity index is 492. The number of hydrogen-bond donors (Lipinski definition) is 1. The van der Waals surface area contributed by atoms with Gasteiger partial charge in [-0.2, -0.15) is 5.26 Å². The number of unbranched alkanes of at least 4 members (excludes halogenated alkanes) is 1. The molecule has 0 spiro atoms. The highest BCUT2D eigenvalue weighted by Crippen LogP contribution is 2.27. The molecule has 1 unspecified atom stereocenters. The van der Waals surface area contributed by atoms with Gasteiger partial charge in [0, 0.05) is 6.04 Å². The third-order valence-corrected chi connectivity index (χ3v) is 3.61. The van der Waals surface area contributed by atoms with E-state index in [0.717, 1.165) is 31.2 Å². The van der Waals surface area contributed by atoms with Gasteiger partial charge in [-0.25, -0.2) is 0 Å². The molecule has 0 saturated carbocycles. The summed E-state index contributed by atoms with van der Waals surface area (Å²) in [5.41, 5.74) is 6.65. The van der Waals surface area contributed by atoms with E-state index in [-0.39, 0.29) is 11.5 Å². The maximum Gasteiger partial charge on any atom is 0.137 e. The minimum absolute atomic E-state index is 0.122. The first-order valence-corrected chi connectivity index (χ1v) is 7.80. The molecule has 0 radical (unpaired) electrons. The Kier molecular flexibility index (Phi) is 7.01. The summed E-state index contributed by atoms with van der Waals surface area (Å²) in [5.74, 6) is 0.713. The van der Waals surface area contributed by atoms with E-state index in [9.17, 15) is 0 Å². The van der Waals surface area contributed by atoms with Gasteiger partial charge >= 0.3 is 0 Å². The molecule has 116 valence electrons. The number of benzene rings is 1. The Morgan fingerprint density at radius 2 is 2.10 bits per heavy atom. The average Bonchev–Trinajstić information content (AvgIpc) is 2.40. The number of hydrogen-bond acceptors (Lipinski definition) is 3. The van der Waals surface area contributed by atoms with Gasteiger partial charge in [-0.1, -0.05) is 17.7 Å². The molecule has 4 heteroatoms. The maximum absolute atomic E-state index is 8.95. The zero-order valence-electron chi connectivity index (χ0n) is 13.2. The summed E-state index contributed by atoms with van der Waals surface area (Å²) in [4.78, 5) is 0. The van der Waals surface area contributed by atoms with Gasteiger partial charge in [0.1, 0.15) is 5.75 Å². The molecule has 0 heterocycles. The Morgan fingerprint density at radius 1 is 1.38 bits per heavy atom. The Morgan fingerprint density at radius 3 is 2.67 bits per heavy atom. The molecule has 1 rings (SSSR count). The predicted molar refractivity (Wildman–Crippen MR) is 87.5 cm³/mol. The van der Waals surface area contributed by atoms with Crippen LogP contribution < -0.4 is 10.5 Å². The molecule has 2 N–H and O–H groups in total. The zero-order chi connectivity index (χ0) is 15.9. The van der Waals surface area contributed by atoms with E-state index in [1.165, 1.54) is 0 Å². The fraction of sp³-hybridized carbons (Fsp3) is 0.588. The summed E-state index contributed by atoms with van der Waals surface area (Å²) in [6.07, 6.45) is 3.58. The molecule has 3 nitrogen and oxygen atoms in total. The van der Waals surface area contributed by atoms with Crippen LogP contribution in [0, 0.1) is 16.7 Å². The van der Waals surface area contributed by atoms with Crippen molar-refractivity contribution in [3.05, 3.63) is 28.8 Å². The molecule has 0 saturated heterocycles. The van der Waals surface area contributed by atoms with E-state index in [1.54, 1.807) is 0 Å². The Balaban J connectivity index is 2.38. The quantitative estimate of drug-likeness (QED) is 0.727. The lowest BCUT2D eigenvalue weighted by molar-refractivity contribution is 0.295. The third-order valence-electron chi connectivity index (χ3n) is 3.31. The van der Waals surface area contributed by atoms with E-state index in [1.807, 2.05) is 39.0 Å². The normalized spacial score (nSPS) is 12.8. The SMILES string of the molecule is CC(N)Cc1ccc(OCCCCC(C)(C)C#N)c(Cl)c1. The van der Waals surface area contributed by atoms with E-state index in [4.69, 9.17) is 27.3 Å². The zero-order valence-corrected chi connectivity index (χ0v) is 13.9. The van der Waals surface area contributed by atoms with Crippen molar-refractivity contribution in [2.24, 2.45) is 11.1 Å². The molecule has 0 bridgehead atoms. The molecule has 21 heavy (non-hydrogen) atoms. The lowest BCUT2D eigenvalue weighted by Crippen LogP contribution is -2.17. The molecule has 1 aromatic rings. The highest BCUT2D eigenvalue weighted by Gasteiger charge is 2.15. The van der Waals surface area contributed by atoms with Gasteiger partial charge in [-0.05, 0) is 64.2 Å². The minimum atomic E-state index is -0.252. The first kappa shape index (κ1) is 17.8. The molecular formula is C17H25ClN2O. The largest absolute Gasteiger partial charge is 0.492 e. The first-order valence-electron chi connectivity index (χ1n) is 7.42. The number of halogens is 1. The highest BCUT2D eigenvalue weighted by atomic mass is 35.5. The van der Waals surface area contributed by atoms with Crippen molar-refractivity contribution in [2.45, 2.75) is 52.5 Å². The average molecular weight is 309 g/mol. The van der Waals surface area contributed by atoms with Gasteiger partial charge in [0.15, 0.2) is 0 Å². The number of nitriles is 1. The minimum Gasteiger partial charge on any atom is -0.492 e. The molecule has 1 atom stereocenters. The van der Waals surface area contributed by atoms with Crippen LogP contribution in [0.25, 0.3) is 0 Å². The monoisotopic (exact) mass is 308 g/mol. The topological polar surface area (TPSA) is 59.0 Å². The molecule has 0 fully saturated rings. The summed E-state index contributed by atoms with van der Waals surface area (Å²) in [7, 11) is 0. The molecule has 0 amide bonds. The molecule has 1 aromatic carbocycles. The van der Waals surface area contributed by atoms with Gasteiger partial charge in [0.2, 0.25) is 0 Å². The lowest BCUT2D eigenvalue weighted by atomic mass is 9.89. The second-order valence-corrected chi connectivity index (χ2v) is 6.65. The van der Waals surface area contributed by atoms with Crippen LogP contribution in [0.15, 0.2) is 18.2 Å². The van der Waals surface area contributed by atoms with Gasteiger partial charge in [-0.3, -0.25) is 0 Å². The third kappa shape index (κ3) is 6.84. The summed E-state index contributed by atoms with van der Waals surface area (Å²) >= 11 is 6.21. The van der Waals surface area contributed by atoms with Crippen LogP contribution in [0.4, 0.5) is 0 Å². The summed E-state index contributed by atoms with van der Waals surface area (Å²) in [6, 6.07) is 8.25. The first-order chi connectivity index (χ1) is 9.84. The smallest absolute Gasteiger partial charge is 0.137 e. The highest BCUT2D eigenvalue weighted by molar-refractivity contribution is 6.32. The van der Waals surface area contributed by atoms with Crippen LogP contribution in [-0.4, -0.2) is 12.6 Å². The standard InChI is InChI=1S/C17H25ClN2O/c1-13(20)10-14-6-7-16(15(18)11-14)21-9-5-4-8-17(2,3)12-19/h6-7,11,13H,4-5,8-10,20H2,1-3H3. The van der Waals surface area contributed by atoms with Crippen molar-refractivity contribution in [1.82, 2.24) is 0 Å². The fourth-order valence-electron chi connectivity index (χ4n) is 2.07. The van der Waals surface area contributed by atoms with Gasteiger partial charge in [0.05, 0.1) is 23.1 Å². The summed E-state index contributed by atoms with van der Waals surface area (Å²) < 4.78 is 5.70. The van der Waals surface area contributed by atoms with Crippen molar-refractivity contribution < 1.29 is 4.74 Å². The van der Waals surface area contributed by atoms with E-state index in [2.05, 4.69) is 6.07 Å². The number of nitrogens with two attached hydrogens (primary N) is 1. The van der Waals surface area contributed by atoms with Crippen molar-refractivity contribution in [1.29, 1.82) is 5.26 Å². The molecule has 0 aliphatic rings. The van der Waals surface area contributed by atoms with Crippen LogP contribution in [0.1, 0.15) is 45.6 Å². The fourth-order valence-corrected chi connectivity index (χ4v) is 2.32. The molecule has 0 aromatic heterocycles. The van der Waals surface area contributed by atoms with Crippen LogP contribution in [0.3, 0.4) is 0 Å². The second-order valence-electron chi connectivity index (χ2n) is 6.25. The number of rotatable bonds is 8. The molecular weight excluding hydrogens is 284 g/mol. The van der Waals surface area contributed by atoms with Crippen LogP contribution in [0.5, 0.6) is 5.75 Å². The maximum atomic E-state index is 8.95. The van der Waals surface area contributed by atoms with Crippen LogP contribution in [-0.2, 0) is 6.42 Å². The molecule has 0 aliphatic carbocycles. The van der Waals surface area contributed by atoms with E-state index >= 15 is 0 Å². The summed E-state index contributed by atoms with van der Waals surface area (Å²) in [5, 5.41) is 9.58. The molecule has 0 aliphatic heterocycles. The van der Waals surface area contributed by atoms with Crippen molar-refractivity contribution in [3.63, 3.8) is 0 Å². The van der Waals surface area contributed by atoms with E-state index in [0.29, 0.717) is 17.4 Å². The Hall–Kier alpha value is -1.24. The predicted octanol–water partition coefficient (Wildman–Crippen LogP) is 4.33. The van der Waals surface area contributed by atoms with Gasteiger partial charge in [0.25, 0.3) is 0 Å². The number of nitrogens with zero attached hydrogens (tertiary/aromatic N) is 1. The van der Waals surface area contributed by atoms with Crippen molar-refractivity contribution >= 4 is 11.6 Å². The summed E-state index contributed by atoms with van der Waals surface area (Å²) in [6.45, 7) is 6.51. The van der Waals surface area contributed by atoms with Crippen LogP contribution in [0.2, 0.25) is 5.02 Å². The van der Waals surface area contributed by atoms with Gasteiger partial charge < -0.3 is 10.5 Å². The van der Waals surface area contributed by atoms with Crippen molar-refractivity contribution in [3.8, 4) is 11.8 Å². The van der Waals surface area contributed by atoms with Crippen LogP contribution >= 0.6 is 11.6 Å². The van der Waals surface area contributed by atoms with Crippen molar-refractivity contribution in [2.75, 3.05) is 6.61 Å². The Labute approximate surface area is 133 Å². The second kappa shape index (κ2) is 8.26. The lowest BCUT2D eigenvalue weighted by Gasteiger charge is -2.15.